The fraction of sp³-hybridized carbons (Fsp3) is 0.167. The van der Waals surface area contributed by atoms with Crippen LogP contribution >= 0.6 is 0 Å². The van der Waals surface area contributed by atoms with Crippen molar-refractivity contribution in [1.82, 2.24) is 0 Å². The third kappa shape index (κ3) is 1.77. The molecule has 0 radical (unpaired) electrons. The van der Waals surface area contributed by atoms with Crippen molar-refractivity contribution in [2.45, 2.75) is 11.2 Å². The van der Waals surface area contributed by atoms with Gasteiger partial charge in [0.2, 0.25) is 0 Å². The van der Waals surface area contributed by atoms with Crippen LogP contribution in [-0.2, 0) is 0 Å². The van der Waals surface area contributed by atoms with Gasteiger partial charge in [-0.2, -0.15) is 0 Å². The maximum atomic E-state index is 3.81. The van der Waals surface area contributed by atoms with Crippen LogP contribution in [0.4, 0.5) is 0 Å². The Morgan fingerprint density at radius 3 is 3.08 bits per heavy atom. The molecule has 0 spiro atoms. The molecule has 1 aromatic carbocycles. The van der Waals surface area contributed by atoms with Crippen LogP contribution in [0.3, 0.4) is 0 Å². The summed E-state index contributed by atoms with van der Waals surface area (Å²) in [6, 6.07) is 8.67. The molecule has 66 valence electrons. The van der Waals surface area contributed by atoms with Gasteiger partial charge in [-0.3, -0.25) is 0 Å². The van der Waals surface area contributed by atoms with E-state index in [9.17, 15) is 0 Å². The van der Waals surface area contributed by atoms with E-state index in [1.807, 2.05) is 6.08 Å². The van der Waals surface area contributed by atoms with E-state index in [2.05, 4.69) is 41.9 Å². The first-order valence-corrected chi connectivity index (χ1v) is 6.41. The number of rotatable bonds is 2. The molecule has 0 N–H and O–H groups in total. The Bertz CT molecular complexity index is 339. The minimum atomic E-state index is 0.614. The molecule has 0 bridgehead atoms. The van der Waals surface area contributed by atoms with Crippen molar-refractivity contribution in [3.05, 3.63) is 53.0 Å². The summed E-state index contributed by atoms with van der Waals surface area (Å²) >= 11 is 0.614. The van der Waals surface area contributed by atoms with E-state index in [-0.39, 0.29) is 0 Å². The van der Waals surface area contributed by atoms with Gasteiger partial charge in [-0.15, -0.1) is 0 Å². The molecule has 1 atom stereocenters. The van der Waals surface area contributed by atoms with Crippen LogP contribution in [-0.4, -0.2) is 15.0 Å². The summed E-state index contributed by atoms with van der Waals surface area (Å²) in [5.74, 6) is 0. The quantitative estimate of drug-likeness (QED) is 0.546. The molecule has 0 fully saturated rings. The van der Waals surface area contributed by atoms with Gasteiger partial charge in [0.25, 0.3) is 0 Å². The molecule has 13 heavy (non-hydrogen) atoms. The van der Waals surface area contributed by atoms with Gasteiger partial charge in [0.05, 0.1) is 0 Å². The van der Waals surface area contributed by atoms with Crippen LogP contribution in [0.2, 0.25) is 0 Å². The molecule has 1 aliphatic heterocycles. The van der Waals surface area contributed by atoms with Crippen molar-refractivity contribution in [3.63, 3.8) is 0 Å². The van der Waals surface area contributed by atoms with E-state index in [0.717, 1.165) is 6.42 Å². The van der Waals surface area contributed by atoms with E-state index < -0.39 is 0 Å². The molecule has 1 heteroatoms. The van der Waals surface area contributed by atoms with Crippen molar-refractivity contribution in [3.8, 4) is 0 Å². The van der Waals surface area contributed by atoms with Crippen molar-refractivity contribution in [2.24, 2.45) is 0 Å². The zero-order valence-corrected chi connectivity index (χ0v) is 9.15. The van der Waals surface area contributed by atoms with Gasteiger partial charge >= 0.3 is 85.3 Å². The molecule has 1 unspecified atom stereocenters. The van der Waals surface area contributed by atoms with Crippen LogP contribution in [0.1, 0.15) is 22.4 Å². The Labute approximate surface area is 85.5 Å². The first-order chi connectivity index (χ1) is 6.42. The summed E-state index contributed by atoms with van der Waals surface area (Å²) in [4.78, 5) is 3.04. The normalized spacial score (nSPS) is 19.5. The molecule has 1 aromatic rings. The molecule has 0 amide bonds. The fourth-order valence-electron chi connectivity index (χ4n) is 1.57. The second-order valence-corrected chi connectivity index (χ2v) is 5.42. The van der Waals surface area contributed by atoms with Crippen LogP contribution in [0.5, 0.6) is 0 Å². The molecule has 0 saturated heterocycles. The molecule has 1 heterocycles. The van der Waals surface area contributed by atoms with Gasteiger partial charge in [0.15, 0.2) is 0 Å². The topological polar surface area (TPSA) is 0 Å². The second kappa shape index (κ2) is 3.95. The molecular weight excluding hydrogens is 223 g/mol. The maximum absolute atomic E-state index is 3.81. The Morgan fingerprint density at radius 2 is 2.23 bits per heavy atom. The minimum absolute atomic E-state index is 0.614. The van der Waals surface area contributed by atoms with Crippen LogP contribution in [0, 0.1) is 0 Å². The number of allylic oxidation sites excluding steroid dienone is 1. The van der Waals surface area contributed by atoms with Crippen molar-refractivity contribution in [1.29, 1.82) is 0 Å². The summed E-state index contributed by atoms with van der Waals surface area (Å²) in [5, 5.41) is 0. The van der Waals surface area contributed by atoms with Crippen LogP contribution in [0.25, 0.3) is 6.08 Å². The molecular formula is C12H12Se. The van der Waals surface area contributed by atoms with E-state index >= 15 is 0 Å². The molecule has 0 aromatic heterocycles. The average Bonchev–Trinajstić information content (AvgIpc) is 2.19. The Morgan fingerprint density at radius 1 is 1.38 bits per heavy atom. The summed E-state index contributed by atoms with van der Waals surface area (Å²) < 4.78 is 0. The van der Waals surface area contributed by atoms with Gasteiger partial charge in [0.1, 0.15) is 0 Å². The summed E-state index contributed by atoms with van der Waals surface area (Å²) in [6.45, 7) is 3.81. The standard InChI is InChI=1S/C12H12Se/c1-2-5-12-11-7-4-3-6-10(11)8-9-13-12/h2-4,6-9,12H,1,5H2. The number of fused-ring (bicyclic) bond motifs is 1. The summed E-state index contributed by atoms with van der Waals surface area (Å²) in [5.41, 5.74) is 2.90. The summed E-state index contributed by atoms with van der Waals surface area (Å²) in [7, 11) is 0. The SMILES string of the molecule is C=CCC1[Se]C=Cc2ccccc21. The second-order valence-electron chi connectivity index (χ2n) is 3.08. The van der Waals surface area contributed by atoms with Gasteiger partial charge < -0.3 is 0 Å². The van der Waals surface area contributed by atoms with Gasteiger partial charge in [-0.1, -0.05) is 0 Å². The van der Waals surface area contributed by atoms with Gasteiger partial charge in [-0.05, 0) is 0 Å². The third-order valence-electron chi connectivity index (χ3n) is 2.21. The summed E-state index contributed by atoms with van der Waals surface area (Å²) in [6.07, 6.45) is 5.39. The first-order valence-electron chi connectivity index (χ1n) is 4.43. The van der Waals surface area contributed by atoms with E-state index in [1.165, 1.54) is 11.1 Å². The van der Waals surface area contributed by atoms with Crippen LogP contribution < -0.4 is 0 Å². The third-order valence-corrected chi connectivity index (χ3v) is 4.46. The van der Waals surface area contributed by atoms with E-state index in [1.54, 1.807) is 0 Å². The van der Waals surface area contributed by atoms with E-state index in [0.29, 0.717) is 19.8 Å². The fourth-order valence-corrected chi connectivity index (χ4v) is 3.72. The van der Waals surface area contributed by atoms with Crippen LogP contribution in [0.15, 0.2) is 41.9 Å². The number of benzene rings is 1. The van der Waals surface area contributed by atoms with Crippen molar-refractivity contribution >= 4 is 21.0 Å². The molecule has 0 saturated carbocycles. The number of hydrogen-bond acceptors (Lipinski definition) is 0. The molecule has 0 nitrogen and oxygen atoms in total. The number of hydrogen-bond donors (Lipinski definition) is 0. The van der Waals surface area contributed by atoms with Crippen molar-refractivity contribution < 1.29 is 0 Å². The van der Waals surface area contributed by atoms with Gasteiger partial charge in [-0.25, -0.2) is 0 Å². The molecule has 0 aliphatic carbocycles. The van der Waals surface area contributed by atoms with Crippen molar-refractivity contribution in [2.75, 3.05) is 0 Å². The zero-order valence-electron chi connectivity index (χ0n) is 7.44. The molecule has 2 rings (SSSR count). The monoisotopic (exact) mass is 236 g/mol. The predicted molar refractivity (Wildman–Crippen MR) is 58.8 cm³/mol. The first kappa shape index (κ1) is 8.80. The Balaban J connectivity index is 2.37. The Kier molecular flexibility index (Phi) is 2.68. The molecule has 1 aliphatic rings. The van der Waals surface area contributed by atoms with Gasteiger partial charge in [0, 0.05) is 0 Å². The average molecular weight is 235 g/mol. The predicted octanol–water partition coefficient (Wildman–Crippen LogP) is 2.99. The Hall–Kier alpha value is -0.781. The van der Waals surface area contributed by atoms with E-state index in [4.69, 9.17) is 0 Å². The zero-order chi connectivity index (χ0) is 9.10.